The summed E-state index contributed by atoms with van der Waals surface area (Å²) in [4.78, 5) is 25.7. The van der Waals surface area contributed by atoms with Gasteiger partial charge in [-0.05, 0) is 40.5 Å². The van der Waals surface area contributed by atoms with Gasteiger partial charge >= 0.3 is 0 Å². The Balaban J connectivity index is 2.29. The summed E-state index contributed by atoms with van der Waals surface area (Å²) in [6, 6.07) is 9.29. The first kappa shape index (κ1) is 14.4. The van der Waals surface area contributed by atoms with Crippen molar-refractivity contribution in [2.45, 2.75) is 13.0 Å². The fraction of sp³-hybridized carbons (Fsp3) is 0.143. The molecule has 0 aliphatic heterocycles. The van der Waals surface area contributed by atoms with E-state index in [1.54, 1.807) is 6.07 Å². The second kappa shape index (κ2) is 5.94. The van der Waals surface area contributed by atoms with Crippen molar-refractivity contribution in [2.75, 3.05) is 0 Å². The van der Waals surface area contributed by atoms with Crippen LogP contribution in [0.2, 0.25) is 0 Å². The molecule has 2 rings (SSSR count). The molecular formula is C14H12N4O3. The lowest BCUT2D eigenvalue weighted by molar-refractivity contribution is -0.119. The Morgan fingerprint density at radius 2 is 1.90 bits per heavy atom. The van der Waals surface area contributed by atoms with Crippen LogP contribution in [0.3, 0.4) is 0 Å². The number of hydrogen-bond acceptors (Lipinski definition) is 3. The topological polar surface area (TPSA) is 115 Å². The highest BCUT2D eigenvalue weighted by molar-refractivity contribution is 6.03. The van der Waals surface area contributed by atoms with Crippen LogP contribution in [0.4, 0.5) is 0 Å². The molecule has 0 heterocycles. The van der Waals surface area contributed by atoms with Gasteiger partial charge in [0.1, 0.15) is 5.75 Å². The number of nitrogens with zero attached hydrogens (tertiary/aromatic N) is 3. The molecule has 0 aliphatic carbocycles. The largest absolute Gasteiger partial charge is 0.507 e. The second-order valence-corrected chi connectivity index (χ2v) is 4.44. The number of azide groups is 1. The van der Waals surface area contributed by atoms with Gasteiger partial charge in [-0.2, -0.15) is 0 Å². The van der Waals surface area contributed by atoms with Gasteiger partial charge in [0.15, 0.2) is 0 Å². The van der Waals surface area contributed by atoms with Gasteiger partial charge in [0.25, 0.3) is 5.91 Å². The smallest absolute Gasteiger partial charge is 0.255 e. The number of fused-ring (bicyclic) bond motifs is 1. The van der Waals surface area contributed by atoms with Crippen LogP contribution in [0, 0.1) is 0 Å². The molecule has 0 radical (unpaired) electrons. The first-order valence-electron chi connectivity index (χ1n) is 6.14. The number of aromatic hydroxyl groups is 1. The normalized spacial score (nSPS) is 11.5. The maximum atomic E-state index is 12.1. The Morgan fingerprint density at radius 3 is 2.52 bits per heavy atom. The minimum atomic E-state index is -0.973. The van der Waals surface area contributed by atoms with Crippen LogP contribution in [-0.4, -0.2) is 23.0 Å². The minimum absolute atomic E-state index is 0.0503. The maximum Gasteiger partial charge on any atom is 0.255 e. The predicted octanol–water partition coefficient (Wildman–Crippen LogP) is 2.50. The van der Waals surface area contributed by atoms with Gasteiger partial charge in [-0.25, -0.2) is 0 Å². The third kappa shape index (κ3) is 3.10. The molecule has 1 atom stereocenters. The van der Waals surface area contributed by atoms with Crippen molar-refractivity contribution >= 4 is 22.6 Å². The molecule has 7 nitrogen and oxygen atoms in total. The SMILES string of the molecule is C[C@H](NC(=O)c1cc2ccccc2cc1O)C(=O)N=[N+]=[N-]. The van der Waals surface area contributed by atoms with Crippen LogP contribution in [0.5, 0.6) is 5.75 Å². The summed E-state index contributed by atoms with van der Waals surface area (Å²) in [5.41, 5.74) is 8.23. The molecular weight excluding hydrogens is 272 g/mol. The molecule has 106 valence electrons. The molecule has 0 aliphatic rings. The standard InChI is InChI=1S/C14H12N4O3/c1-8(13(20)17-18-15)16-14(21)11-6-9-4-2-3-5-10(9)7-12(11)19/h2-8,19H,1H3,(H,16,21)/t8-/m0/s1. The average Bonchev–Trinajstić information content (AvgIpc) is 2.46. The molecule has 2 aromatic carbocycles. The molecule has 21 heavy (non-hydrogen) atoms. The number of nitrogens with one attached hydrogen (secondary N) is 1. The molecule has 0 spiro atoms. The van der Waals surface area contributed by atoms with E-state index >= 15 is 0 Å². The van der Waals surface area contributed by atoms with Gasteiger partial charge < -0.3 is 10.4 Å². The van der Waals surface area contributed by atoms with E-state index in [1.807, 2.05) is 18.2 Å². The van der Waals surface area contributed by atoms with Crippen molar-refractivity contribution in [3.05, 3.63) is 52.4 Å². The van der Waals surface area contributed by atoms with Crippen LogP contribution >= 0.6 is 0 Å². The average molecular weight is 284 g/mol. The fourth-order valence-electron chi connectivity index (χ4n) is 1.88. The zero-order valence-electron chi connectivity index (χ0n) is 11.1. The van der Waals surface area contributed by atoms with Gasteiger partial charge in [-0.3, -0.25) is 9.59 Å². The lowest BCUT2D eigenvalue weighted by Crippen LogP contribution is -2.37. The second-order valence-electron chi connectivity index (χ2n) is 4.44. The minimum Gasteiger partial charge on any atom is -0.507 e. The van der Waals surface area contributed by atoms with E-state index < -0.39 is 17.9 Å². The summed E-state index contributed by atoms with van der Waals surface area (Å²) in [5.74, 6) is -1.60. The highest BCUT2D eigenvalue weighted by Crippen LogP contribution is 2.24. The number of phenolic OH excluding ortho intramolecular Hbond substituents is 1. The molecule has 7 heteroatoms. The zero-order chi connectivity index (χ0) is 15.4. The molecule has 2 N–H and O–H groups in total. The summed E-state index contributed by atoms with van der Waals surface area (Å²) in [6.07, 6.45) is 0. The van der Waals surface area contributed by atoms with Crippen LogP contribution in [0.15, 0.2) is 41.5 Å². The zero-order valence-corrected chi connectivity index (χ0v) is 11.1. The van der Waals surface area contributed by atoms with Crippen molar-refractivity contribution in [1.82, 2.24) is 5.32 Å². The molecule has 0 aromatic heterocycles. The van der Waals surface area contributed by atoms with E-state index in [4.69, 9.17) is 5.53 Å². The van der Waals surface area contributed by atoms with Crippen LogP contribution in [0.1, 0.15) is 17.3 Å². The number of benzene rings is 2. The van der Waals surface area contributed by atoms with Gasteiger partial charge in [-0.1, -0.05) is 24.3 Å². The van der Waals surface area contributed by atoms with Crippen molar-refractivity contribution in [2.24, 2.45) is 5.11 Å². The molecule has 2 amide bonds. The lowest BCUT2D eigenvalue weighted by atomic mass is 10.1. The van der Waals surface area contributed by atoms with Gasteiger partial charge in [-0.15, -0.1) is 0 Å². The Hall–Kier alpha value is -3.05. The molecule has 2 aromatic rings. The monoisotopic (exact) mass is 284 g/mol. The molecule has 0 bridgehead atoms. The summed E-state index contributed by atoms with van der Waals surface area (Å²) in [7, 11) is 0. The fourth-order valence-corrected chi connectivity index (χ4v) is 1.88. The Morgan fingerprint density at radius 1 is 1.29 bits per heavy atom. The number of carbonyl (C=O) groups excluding carboxylic acids is 2. The van der Waals surface area contributed by atoms with E-state index in [2.05, 4.69) is 15.3 Å². The molecule has 0 unspecified atom stereocenters. The molecule has 0 saturated carbocycles. The number of phenols is 1. The highest BCUT2D eigenvalue weighted by Gasteiger charge is 2.18. The third-order valence-corrected chi connectivity index (χ3v) is 2.97. The van der Waals surface area contributed by atoms with Crippen LogP contribution < -0.4 is 5.32 Å². The summed E-state index contributed by atoms with van der Waals surface area (Å²) in [5, 5.41) is 16.8. The van der Waals surface area contributed by atoms with Crippen molar-refractivity contribution < 1.29 is 14.7 Å². The predicted molar refractivity (Wildman–Crippen MR) is 76.7 cm³/mol. The number of amides is 2. The van der Waals surface area contributed by atoms with Crippen molar-refractivity contribution in [3.63, 3.8) is 0 Å². The maximum absolute atomic E-state index is 12.1. The quantitative estimate of drug-likeness (QED) is 0.512. The summed E-state index contributed by atoms with van der Waals surface area (Å²) >= 11 is 0. The third-order valence-electron chi connectivity index (χ3n) is 2.97. The van der Waals surface area contributed by atoms with Gasteiger partial charge in [0.2, 0.25) is 5.91 Å². The first-order valence-corrected chi connectivity index (χ1v) is 6.14. The van der Waals surface area contributed by atoms with Crippen LogP contribution in [-0.2, 0) is 4.79 Å². The lowest BCUT2D eigenvalue weighted by Gasteiger charge is -2.11. The van der Waals surface area contributed by atoms with Gasteiger partial charge in [0, 0.05) is 4.91 Å². The number of hydrogen-bond donors (Lipinski definition) is 2. The van der Waals surface area contributed by atoms with E-state index in [0.29, 0.717) is 0 Å². The van der Waals surface area contributed by atoms with Gasteiger partial charge in [0.05, 0.1) is 11.6 Å². The first-order chi connectivity index (χ1) is 10.0. The summed E-state index contributed by atoms with van der Waals surface area (Å²) in [6.45, 7) is 1.40. The Bertz CT molecular complexity index is 766. The molecule has 0 saturated heterocycles. The number of rotatable bonds is 3. The van der Waals surface area contributed by atoms with Crippen molar-refractivity contribution in [3.8, 4) is 5.75 Å². The van der Waals surface area contributed by atoms with E-state index in [0.717, 1.165) is 10.8 Å². The number of carbonyl (C=O) groups is 2. The van der Waals surface area contributed by atoms with E-state index in [1.165, 1.54) is 19.1 Å². The van der Waals surface area contributed by atoms with E-state index in [-0.39, 0.29) is 11.3 Å². The van der Waals surface area contributed by atoms with Crippen molar-refractivity contribution in [1.29, 1.82) is 0 Å². The Kier molecular flexibility index (Phi) is 4.06. The highest BCUT2D eigenvalue weighted by atomic mass is 16.3. The Labute approximate surface area is 119 Å². The van der Waals surface area contributed by atoms with E-state index in [9.17, 15) is 14.7 Å². The summed E-state index contributed by atoms with van der Waals surface area (Å²) < 4.78 is 0. The molecule has 0 fully saturated rings. The van der Waals surface area contributed by atoms with Crippen LogP contribution in [0.25, 0.3) is 21.2 Å².